The molecule has 0 saturated carbocycles. The van der Waals surface area contributed by atoms with E-state index < -0.39 is 5.91 Å². The van der Waals surface area contributed by atoms with E-state index in [1.54, 1.807) is 16.9 Å². The number of carbonyl (C=O) groups excluding carboxylic acids is 2. The van der Waals surface area contributed by atoms with Gasteiger partial charge in [-0.05, 0) is 37.9 Å². The van der Waals surface area contributed by atoms with Crippen LogP contribution in [-0.2, 0) is 19.5 Å². The van der Waals surface area contributed by atoms with Crippen LogP contribution in [0.4, 0.5) is 5.00 Å². The molecular weight excluding hydrogens is 338 g/mol. The van der Waals surface area contributed by atoms with E-state index in [2.05, 4.69) is 22.2 Å². The van der Waals surface area contributed by atoms with Crippen LogP contribution in [0.15, 0.2) is 12.3 Å². The molecule has 0 aliphatic carbocycles. The van der Waals surface area contributed by atoms with Crippen molar-refractivity contribution in [1.82, 2.24) is 14.7 Å². The number of fused-ring (bicyclic) bond motifs is 1. The second kappa shape index (κ2) is 7.37. The highest BCUT2D eigenvalue weighted by Gasteiger charge is 2.28. The molecule has 0 bridgehead atoms. The largest absolute Gasteiger partial charge is 0.365 e. The van der Waals surface area contributed by atoms with Crippen LogP contribution in [0.2, 0.25) is 0 Å². The summed E-state index contributed by atoms with van der Waals surface area (Å²) < 4.78 is 1.62. The summed E-state index contributed by atoms with van der Waals surface area (Å²) in [5.74, 6) is -0.758. The predicted octanol–water partition coefficient (Wildman–Crippen LogP) is 2.08. The first kappa shape index (κ1) is 17.6. The minimum Gasteiger partial charge on any atom is -0.365 e. The average molecular weight is 361 g/mol. The van der Waals surface area contributed by atoms with Crippen LogP contribution in [0.3, 0.4) is 0 Å². The van der Waals surface area contributed by atoms with Crippen molar-refractivity contribution in [3.63, 3.8) is 0 Å². The Morgan fingerprint density at radius 2 is 2.20 bits per heavy atom. The lowest BCUT2D eigenvalue weighted by Crippen LogP contribution is -2.31. The highest BCUT2D eigenvalue weighted by Crippen LogP contribution is 2.37. The molecule has 2 amide bonds. The van der Waals surface area contributed by atoms with E-state index >= 15 is 0 Å². The van der Waals surface area contributed by atoms with Gasteiger partial charge in [-0.15, -0.1) is 11.3 Å². The van der Waals surface area contributed by atoms with Crippen molar-refractivity contribution in [2.24, 2.45) is 5.73 Å². The number of carbonyl (C=O) groups is 2. The Hall–Kier alpha value is -2.19. The van der Waals surface area contributed by atoms with Crippen molar-refractivity contribution >= 4 is 28.2 Å². The van der Waals surface area contributed by atoms with Gasteiger partial charge in [0.25, 0.3) is 11.8 Å². The molecule has 0 fully saturated rings. The lowest BCUT2D eigenvalue weighted by Gasteiger charge is -2.26. The molecule has 1 aliphatic rings. The summed E-state index contributed by atoms with van der Waals surface area (Å²) in [5.41, 5.74) is 7.54. The fraction of sp³-hybridized carbons (Fsp3) is 0.471. The zero-order chi connectivity index (χ0) is 18.0. The second-order valence-corrected chi connectivity index (χ2v) is 7.19. The fourth-order valence-corrected chi connectivity index (χ4v) is 4.55. The van der Waals surface area contributed by atoms with Gasteiger partial charge >= 0.3 is 0 Å². The van der Waals surface area contributed by atoms with Crippen molar-refractivity contribution < 1.29 is 9.59 Å². The van der Waals surface area contributed by atoms with Crippen LogP contribution >= 0.6 is 11.3 Å². The van der Waals surface area contributed by atoms with Crippen molar-refractivity contribution in [3.05, 3.63) is 34.0 Å². The fourth-order valence-electron chi connectivity index (χ4n) is 3.26. The summed E-state index contributed by atoms with van der Waals surface area (Å²) in [6.45, 7) is 7.42. The Kier molecular flexibility index (Phi) is 5.19. The first-order valence-electron chi connectivity index (χ1n) is 8.55. The number of hydrogen-bond donors (Lipinski definition) is 2. The molecule has 3 rings (SSSR count). The van der Waals surface area contributed by atoms with E-state index in [0.29, 0.717) is 22.8 Å². The van der Waals surface area contributed by atoms with Crippen LogP contribution < -0.4 is 11.1 Å². The van der Waals surface area contributed by atoms with Crippen molar-refractivity contribution in [2.75, 3.05) is 18.4 Å². The van der Waals surface area contributed by atoms with Crippen LogP contribution in [0.25, 0.3) is 0 Å². The van der Waals surface area contributed by atoms with Crippen LogP contribution in [0.5, 0.6) is 0 Å². The van der Waals surface area contributed by atoms with Gasteiger partial charge in [-0.1, -0.05) is 6.92 Å². The maximum Gasteiger partial charge on any atom is 0.274 e. The van der Waals surface area contributed by atoms with Gasteiger partial charge in [-0.2, -0.15) is 5.10 Å². The minimum absolute atomic E-state index is 0.272. The quantitative estimate of drug-likeness (QED) is 0.824. The highest BCUT2D eigenvalue weighted by atomic mass is 32.1. The van der Waals surface area contributed by atoms with Gasteiger partial charge in [0.15, 0.2) is 0 Å². The van der Waals surface area contributed by atoms with E-state index in [4.69, 9.17) is 5.73 Å². The number of thiophene rings is 1. The summed E-state index contributed by atoms with van der Waals surface area (Å²) >= 11 is 1.45. The van der Waals surface area contributed by atoms with E-state index in [1.807, 2.05) is 6.92 Å². The van der Waals surface area contributed by atoms with Crippen molar-refractivity contribution in [1.29, 1.82) is 0 Å². The number of nitrogens with two attached hydrogens (primary N) is 1. The molecule has 3 heterocycles. The predicted molar refractivity (Wildman–Crippen MR) is 98.0 cm³/mol. The van der Waals surface area contributed by atoms with E-state index in [-0.39, 0.29) is 5.91 Å². The Balaban J connectivity index is 1.89. The number of hydrogen-bond acceptors (Lipinski definition) is 5. The SMILES string of the molecule is CCCN1CCc2c(sc(NC(=O)c3ccnn3CC)c2C(N)=O)C1. The normalized spacial score (nSPS) is 14.3. The lowest BCUT2D eigenvalue weighted by molar-refractivity contribution is 0.1000. The van der Waals surface area contributed by atoms with Gasteiger partial charge in [0.2, 0.25) is 0 Å². The molecule has 3 N–H and O–H groups in total. The Morgan fingerprint density at radius 3 is 2.88 bits per heavy atom. The van der Waals surface area contributed by atoms with Crippen molar-refractivity contribution in [2.45, 2.75) is 39.8 Å². The summed E-state index contributed by atoms with van der Waals surface area (Å²) in [4.78, 5) is 28.1. The number of nitrogens with zero attached hydrogens (tertiary/aromatic N) is 3. The third-order valence-electron chi connectivity index (χ3n) is 4.40. The lowest BCUT2D eigenvalue weighted by atomic mass is 10.0. The molecule has 0 radical (unpaired) electrons. The Morgan fingerprint density at radius 1 is 1.40 bits per heavy atom. The van der Waals surface area contributed by atoms with Crippen LogP contribution in [-0.4, -0.2) is 39.6 Å². The van der Waals surface area contributed by atoms with Crippen molar-refractivity contribution in [3.8, 4) is 0 Å². The molecule has 134 valence electrons. The Labute approximate surface area is 150 Å². The number of aromatic nitrogens is 2. The van der Waals surface area contributed by atoms with Gasteiger partial charge in [-0.25, -0.2) is 0 Å². The van der Waals surface area contributed by atoms with E-state index in [0.717, 1.165) is 42.9 Å². The van der Waals surface area contributed by atoms with Gasteiger partial charge in [0.1, 0.15) is 10.7 Å². The smallest absolute Gasteiger partial charge is 0.274 e. The second-order valence-electron chi connectivity index (χ2n) is 6.08. The first-order chi connectivity index (χ1) is 12.0. The monoisotopic (exact) mass is 361 g/mol. The number of anilines is 1. The van der Waals surface area contributed by atoms with Crippen LogP contribution in [0.1, 0.15) is 51.6 Å². The van der Waals surface area contributed by atoms with Gasteiger partial charge in [-0.3, -0.25) is 19.2 Å². The highest BCUT2D eigenvalue weighted by molar-refractivity contribution is 7.17. The maximum atomic E-state index is 12.6. The Bertz CT molecular complexity index is 795. The number of amides is 2. The molecule has 0 spiro atoms. The minimum atomic E-state index is -0.485. The average Bonchev–Trinajstić information content (AvgIpc) is 3.18. The molecule has 2 aromatic heterocycles. The zero-order valence-electron chi connectivity index (χ0n) is 14.5. The van der Waals surface area contributed by atoms with Crippen LogP contribution in [0, 0.1) is 0 Å². The molecule has 0 saturated heterocycles. The molecule has 0 unspecified atom stereocenters. The van der Waals surface area contributed by atoms with E-state index in [1.165, 1.54) is 11.3 Å². The zero-order valence-corrected chi connectivity index (χ0v) is 15.4. The molecule has 0 aromatic carbocycles. The molecule has 1 aliphatic heterocycles. The molecule has 25 heavy (non-hydrogen) atoms. The number of rotatable bonds is 6. The van der Waals surface area contributed by atoms with E-state index in [9.17, 15) is 9.59 Å². The first-order valence-corrected chi connectivity index (χ1v) is 9.36. The summed E-state index contributed by atoms with van der Waals surface area (Å²) in [6, 6.07) is 1.67. The summed E-state index contributed by atoms with van der Waals surface area (Å²) in [7, 11) is 0. The molecule has 2 aromatic rings. The van der Waals surface area contributed by atoms with Gasteiger partial charge < -0.3 is 11.1 Å². The third kappa shape index (κ3) is 3.45. The topological polar surface area (TPSA) is 93.2 Å². The molecular formula is C17H23N5O2S. The summed E-state index contributed by atoms with van der Waals surface area (Å²) in [6.07, 6.45) is 3.47. The third-order valence-corrected chi connectivity index (χ3v) is 5.53. The summed E-state index contributed by atoms with van der Waals surface area (Å²) in [5, 5.41) is 7.53. The number of primary amides is 1. The molecule has 0 atom stereocenters. The van der Waals surface area contributed by atoms with Gasteiger partial charge in [0.05, 0.1) is 5.56 Å². The molecule has 8 heteroatoms. The number of nitrogens with one attached hydrogen (secondary N) is 1. The maximum absolute atomic E-state index is 12.6. The molecule has 7 nitrogen and oxygen atoms in total. The van der Waals surface area contributed by atoms with Gasteiger partial charge in [0, 0.05) is 30.7 Å². The standard InChI is InChI=1S/C17H23N5O2S/c1-3-8-21-9-6-11-13(10-21)25-17(14(11)15(18)23)20-16(24)12-5-7-19-22(12)4-2/h5,7H,3-4,6,8-10H2,1-2H3,(H2,18,23)(H,20,24). The number of aryl methyl sites for hydroxylation is 1.